The van der Waals surface area contributed by atoms with Crippen LogP contribution < -0.4 is 4.74 Å². The average Bonchev–Trinajstić information content (AvgIpc) is 2.98. The second kappa shape index (κ2) is 8.51. The molecule has 1 saturated heterocycles. The summed E-state index contributed by atoms with van der Waals surface area (Å²) < 4.78 is 4.66. The molecule has 0 aliphatic carbocycles. The first-order valence-corrected chi connectivity index (χ1v) is 7.69. The molecule has 28 heavy (non-hydrogen) atoms. The highest BCUT2D eigenvalue weighted by Gasteiger charge is 2.39. The fourth-order valence-corrected chi connectivity index (χ4v) is 2.15. The molecule has 150 valence electrons. The highest BCUT2D eigenvalue weighted by atomic mass is 16.7. The number of imide groups is 1. The summed E-state index contributed by atoms with van der Waals surface area (Å²) in [6, 6.07) is 2.97. The number of nitro benzene ring substituents is 1. The quantitative estimate of drug-likeness (QED) is 0.156. The van der Waals surface area contributed by atoms with Crippen LogP contribution in [0.15, 0.2) is 18.2 Å². The van der Waals surface area contributed by atoms with Gasteiger partial charge >= 0.3 is 11.9 Å². The second-order valence-electron chi connectivity index (χ2n) is 5.51. The Balaban J connectivity index is 2.04. The van der Waals surface area contributed by atoms with Gasteiger partial charge in [0, 0.05) is 12.8 Å². The molecule has 1 fully saturated rings. The van der Waals surface area contributed by atoms with Crippen molar-refractivity contribution in [1.29, 1.82) is 0 Å². The third kappa shape index (κ3) is 4.46. The Morgan fingerprint density at radius 3 is 2.25 bits per heavy atom. The third-order valence-electron chi connectivity index (χ3n) is 3.61. The minimum absolute atomic E-state index is 0.0612. The molecule has 0 spiro atoms. The molecule has 0 saturated carbocycles. The number of aliphatic hydroxyl groups is 3. The van der Waals surface area contributed by atoms with Crippen LogP contribution in [0, 0.1) is 10.1 Å². The standard InChI is InChI=1S/C15H14N2O11/c18-6-7-1-2-8(5-9(7)17(25)26)27-14(23)12(21)13(22)15(24)28-16-10(19)3-4-11(16)20/h1-2,5,12-13,18,21-22H,3-4,6H2. The van der Waals surface area contributed by atoms with Crippen molar-refractivity contribution in [3.63, 3.8) is 0 Å². The molecule has 1 aromatic carbocycles. The van der Waals surface area contributed by atoms with E-state index in [0.717, 1.165) is 18.2 Å². The van der Waals surface area contributed by atoms with Crippen LogP contribution in [0.25, 0.3) is 0 Å². The number of hydroxylamine groups is 2. The van der Waals surface area contributed by atoms with Crippen molar-refractivity contribution in [2.24, 2.45) is 0 Å². The van der Waals surface area contributed by atoms with Crippen molar-refractivity contribution in [2.45, 2.75) is 31.7 Å². The minimum Gasteiger partial charge on any atom is -0.424 e. The molecule has 2 rings (SSSR count). The van der Waals surface area contributed by atoms with E-state index in [1.165, 1.54) is 0 Å². The lowest BCUT2D eigenvalue weighted by Crippen LogP contribution is -2.45. The minimum atomic E-state index is -2.50. The van der Waals surface area contributed by atoms with Crippen LogP contribution >= 0.6 is 0 Å². The maximum Gasteiger partial charge on any atom is 0.364 e. The zero-order valence-corrected chi connectivity index (χ0v) is 14.0. The highest BCUT2D eigenvalue weighted by Crippen LogP contribution is 2.25. The summed E-state index contributed by atoms with van der Waals surface area (Å²) >= 11 is 0. The number of benzene rings is 1. The van der Waals surface area contributed by atoms with Crippen LogP contribution in [-0.2, 0) is 30.6 Å². The molecule has 2 unspecified atom stereocenters. The molecule has 0 bridgehead atoms. The smallest absolute Gasteiger partial charge is 0.364 e. The van der Waals surface area contributed by atoms with E-state index >= 15 is 0 Å². The Morgan fingerprint density at radius 1 is 1.14 bits per heavy atom. The maximum atomic E-state index is 11.9. The number of nitrogens with zero attached hydrogens (tertiary/aromatic N) is 2. The van der Waals surface area contributed by atoms with Gasteiger partial charge < -0.3 is 24.9 Å². The Morgan fingerprint density at radius 2 is 1.71 bits per heavy atom. The lowest BCUT2D eigenvalue weighted by molar-refractivity contribution is -0.385. The molecular formula is C15H14N2O11. The zero-order chi connectivity index (χ0) is 21.0. The SMILES string of the molecule is O=C(Oc1ccc(CO)c([N+](=O)[O-])c1)C(O)C(O)C(=O)ON1C(=O)CCC1=O. The van der Waals surface area contributed by atoms with Crippen LogP contribution in [0.2, 0.25) is 0 Å². The van der Waals surface area contributed by atoms with E-state index in [9.17, 15) is 39.5 Å². The van der Waals surface area contributed by atoms with Gasteiger partial charge in [-0.15, -0.1) is 5.06 Å². The molecule has 2 amide bonds. The lowest BCUT2D eigenvalue weighted by atomic mass is 10.2. The van der Waals surface area contributed by atoms with E-state index in [-0.39, 0.29) is 23.5 Å². The van der Waals surface area contributed by atoms with Gasteiger partial charge in [-0.05, 0) is 12.1 Å². The van der Waals surface area contributed by atoms with Gasteiger partial charge in [-0.2, -0.15) is 0 Å². The lowest BCUT2D eigenvalue weighted by Gasteiger charge is -2.18. The molecule has 13 nitrogen and oxygen atoms in total. The van der Waals surface area contributed by atoms with Gasteiger partial charge in [0.05, 0.1) is 23.2 Å². The molecule has 3 N–H and O–H groups in total. The predicted molar refractivity (Wildman–Crippen MR) is 83.8 cm³/mol. The number of rotatable bonds is 7. The summed E-state index contributed by atoms with van der Waals surface area (Å²) in [5.41, 5.74) is -0.623. The van der Waals surface area contributed by atoms with Gasteiger partial charge in [0.2, 0.25) is 0 Å². The van der Waals surface area contributed by atoms with E-state index in [2.05, 4.69) is 9.57 Å². The van der Waals surface area contributed by atoms with Gasteiger partial charge in [0.15, 0.2) is 12.2 Å². The van der Waals surface area contributed by atoms with Crippen LogP contribution in [0.1, 0.15) is 18.4 Å². The van der Waals surface area contributed by atoms with Gasteiger partial charge in [-0.1, -0.05) is 0 Å². The molecule has 0 aromatic heterocycles. The summed E-state index contributed by atoms with van der Waals surface area (Å²) in [4.78, 5) is 60.7. The predicted octanol–water partition coefficient (Wildman–Crippen LogP) is -1.68. The van der Waals surface area contributed by atoms with Crippen LogP contribution in [0.5, 0.6) is 5.75 Å². The van der Waals surface area contributed by atoms with Gasteiger partial charge in [-0.3, -0.25) is 19.7 Å². The van der Waals surface area contributed by atoms with Crippen molar-refractivity contribution in [3.8, 4) is 5.75 Å². The molecular weight excluding hydrogens is 384 g/mol. The van der Waals surface area contributed by atoms with Crippen LogP contribution in [0.4, 0.5) is 5.69 Å². The fourth-order valence-electron chi connectivity index (χ4n) is 2.15. The molecule has 1 aromatic rings. The molecule has 1 aliphatic rings. The molecule has 0 radical (unpaired) electrons. The number of carbonyl (C=O) groups is 4. The van der Waals surface area contributed by atoms with Crippen molar-refractivity contribution < 1.29 is 49.0 Å². The zero-order valence-electron chi connectivity index (χ0n) is 14.0. The Hall–Kier alpha value is -3.42. The first-order valence-electron chi connectivity index (χ1n) is 7.69. The first-order chi connectivity index (χ1) is 13.1. The van der Waals surface area contributed by atoms with Crippen molar-refractivity contribution in [2.75, 3.05) is 0 Å². The van der Waals surface area contributed by atoms with Crippen molar-refractivity contribution in [3.05, 3.63) is 33.9 Å². The van der Waals surface area contributed by atoms with Crippen molar-refractivity contribution in [1.82, 2.24) is 5.06 Å². The van der Waals surface area contributed by atoms with Gasteiger partial charge in [0.25, 0.3) is 17.5 Å². The Bertz CT molecular complexity index is 821. The monoisotopic (exact) mass is 398 g/mol. The number of hydrogen-bond acceptors (Lipinski definition) is 11. The van der Waals surface area contributed by atoms with Crippen LogP contribution in [0.3, 0.4) is 0 Å². The number of hydrogen-bond donors (Lipinski definition) is 3. The van der Waals surface area contributed by atoms with Crippen molar-refractivity contribution >= 4 is 29.4 Å². The summed E-state index contributed by atoms with van der Waals surface area (Å²) in [5, 5.41) is 39.4. The number of ether oxygens (including phenoxy) is 1. The number of amides is 2. The summed E-state index contributed by atoms with van der Waals surface area (Å²) in [5.74, 6) is -5.29. The van der Waals surface area contributed by atoms with E-state index in [4.69, 9.17) is 5.11 Å². The highest BCUT2D eigenvalue weighted by molar-refractivity contribution is 6.02. The first kappa shape index (κ1) is 20.9. The fraction of sp³-hybridized carbons (Fsp3) is 0.333. The van der Waals surface area contributed by atoms with E-state index in [0.29, 0.717) is 0 Å². The number of carbonyl (C=O) groups excluding carboxylic acids is 4. The van der Waals surface area contributed by atoms with E-state index in [1.54, 1.807) is 0 Å². The number of esters is 1. The number of nitro groups is 1. The Kier molecular flexibility index (Phi) is 6.35. The molecule has 2 atom stereocenters. The normalized spacial score (nSPS) is 15.9. The second-order valence-corrected chi connectivity index (χ2v) is 5.51. The number of aliphatic hydroxyl groups excluding tert-OH is 3. The third-order valence-corrected chi connectivity index (χ3v) is 3.61. The molecule has 1 aliphatic heterocycles. The van der Waals surface area contributed by atoms with E-state index in [1.807, 2.05) is 0 Å². The van der Waals surface area contributed by atoms with Gasteiger partial charge in [0.1, 0.15) is 5.75 Å². The van der Waals surface area contributed by atoms with Crippen LogP contribution in [-0.4, -0.2) is 61.3 Å². The Labute approximate surface area is 155 Å². The summed E-state index contributed by atoms with van der Waals surface area (Å²) in [7, 11) is 0. The largest absolute Gasteiger partial charge is 0.424 e. The topological polar surface area (TPSA) is 194 Å². The summed E-state index contributed by atoms with van der Waals surface area (Å²) in [6.07, 6.45) is -5.37. The van der Waals surface area contributed by atoms with E-state index < -0.39 is 58.9 Å². The average molecular weight is 398 g/mol. The summed E-state index contributed by atoms with van der Waals surface area (Å²) in [6.45, 7) is -0.647. The van der Waals surface area contributed by atoms with Gasteiger partial charge in [-0.25, -0.2) is 9.59 Å². The molecule has 1 heterocycles. The molecule has 13 heteroatoms. The maximum absolute atomic E-state index is 11.9.